The van der Waals surface area contributed by atoms with E-state index >= 15 is 0 Å². The number of nitrogens with one attached hydrogen (secondary N) is 1. The number of ether oxygens (including phenoxy) is 1. The van der Waals surface area contributed by atoms with Crippen molar-refractivity contribution in [2.24, 2.45) is 0 Å². The highest BCUT2D eigenvalue weighted by atomic mass is 19.3. The molecule has 4 rings (SSSR count). The lowest BCUT2D eigenvalue weighted by Gasteiger charge is -2.16. The zero-order chi connectivity index (χ0) is 25.1. The predicted octanol–water partition coefficient (Wildman–Crippen LogP) is 6.35. The van der Waals surface area contributed by atoms with E-state index in [1.165, 1.54) is 17.8 Å². The molecule has 2 aromatic heterocycles. The van der Waals surface area contributed by atoms with Gasteiger partial charge in [0.1, 0.15) is 17.0 Å². The molecule has 1 amide bonds. The zero-order valence-electron chi connectivity index (χ0n) is 20.1. The smallest absolute Gasteiger partial charge is 0.280 e. The number of benzene rings is 2. The van der Waals surface area contributed by atoms with Crippen LogP contribution in [0.3, 0.4) is 0 Å². The largest absolute Gasteiger partial charge is 0.497 e. The summed E-state index contributed by atoms with van der Waals surface area (Å²) in [7, 11) is 1.55. The zero-order valence-corrected chi connectivity index (χ0v) is 20.1. The molecule has 6 nitrogen and oxygen atoms in total. The molecule has 1 N–H and O–H groups in total. The van der Waals surface area contributed by atoms with E-state index < -0.39 is 12.3 Å². The molecule has 0 aliphatic rings. The third-order valence-corrected chi connectivity index (χ3v) is 6.32. The number of fused-ring (bicyclic) bond motifs is 1. The van der Waals surface area contributed by atoms with E-state index in [1.807, 2.05) is 19.1 Å². The number of nitrogens with zero attached hydrogens (tertiary/aromatic N) is 3. The van der Waals surface area contributed by atoms with E-state index in [-0.39, 0.29) is 22.9 Å². The molecule has 2 atom stereocenters. The van der Waals surface area contributed by atoms with Gasteiger partial charge in [-0.05, 0) is 60.7 Å². The number of carbonyl (C=O) groups excluding carboxylic acids is 1. The summed E-state index contributed by atoms with van der Waals surface area (Å²) in [4.78, 5) is 17.6. The van der Waals surface area contributed by atoms with Crippen LogP contribution >= 0.6 is 0 Å². The van der Waals surface area contributed by atoms with Crippen LogP contribution in [-0.2, 0) is 0 Å². The molecule has 0 aliphatic carbocycles. The van der Waals surface area contributed by atoms with Gasteiger partial charge < -0.3 is 10.1 Å². The number of hydrogen-bond donors (Lipinski definition) is 1. The van der Waals surface area contributed by atoms with Gasteiger partial charge >= 0.3 is 0 Å². The number of aromatic nitrogens is 3. The summed E-state index contributed by atoms with van der Waals surface area (Å²) in [5.74, 6) is 0.667. The fourth-order valence-corrected chi connectivity index (χ4v) is 3.92. The average molecular weight is 479 g/mol. The number of alkyl halides is 2. The average Bonchev–Trinajstić information content (AvgIpc) is 3.31. The van der Waals surface area contributed by atoms with Crippen molar-refractivity contribution < 1.29 is 18.3 Å². The highest BCUT2D eigenvalue weighted by Gasteiger charge is 2.22. The van der Waals surface area contributed by atoms with Crippen molar-refractivity contribution in [1.29, 1.82) is 0 Å². The number of carbonyl (C=O) groups is 1. The van der Waals surface area contributed by atoms with Crippen molar-refractivity contribution in [3.05, 3.63) is 83.2 Å². The molecule has 2 aromatic carbocycles. The van der Waals surface area contributed by atoms with Gasteiger partial charge in [0.05, 0.1) is 25.0 Å². The molecule has 0 saturated carbocycles. The van der Waals surface area contributed by atoms with Crippen LogP contribution in [0.5, 0.6) is 5.75 Å². The van der Waals surface area contributed by atoms with Gasteiger partial charge in [0.2, 0.25) is 0 Å². The molecule has 8 heteroatoms. The molecule has 0 aliphatic heterocycles. The second-order valence-corrected chi connectivity index (χ2v) is 8.56. The van der Waals surface area contributed by atoms with Crippen LogP contribution in [0.2, 0.25) is 0 Å². The van der Waals surface area contributed by atoms with E-state index in [0.717, 1.165) is 16.5 Å². The van der Waals surface area contributed by atoms with Crippen LogP contribution in [-0.4, -0.2) is 27.6 Å². The standard InChI is InChI=1S/C27H28F2N4O2/c1-5-16(2)18-6-8-19(9-7-18)17(3)31-27(34)22-15-30-33-24(25(28)29)14-23(32-26(22)33)20-10-12-21(35-4)13-11-20/h6-17,25H,5H2,1-4H3,(H,31,34)/t16-,17+/m1/s1. The lowest BCUT2D eigenvalue weighted by atomic mass is 9.96. The second kappa shape index (κ2) is 10.2. The van der Waals surface area contributed by atoms with Gasteiger partial charge in [-0.1, -0.05) is 38.1 Å². The van der Waals surface area contributed by atoms with Gasteiger partial charge in [-0.15, -0.1) is 0 Å². The Morgan fingerprint density at radius 3 is 2.31 bits per heavy atom. The molecular weight excluding hydrogens is 450 g/mol. The summed E-state index contributed by atoms with van der Waals surface area (Å²) in [5.41, 5.74) is 3.00. The third kappa shape index (κ3) is 5.01. The normalized spacial score (nSPS) is 13.1. The first-order chi connectivity index (χ1) is 16.8. The van der Waals surface area contributed by atoms with Crippen LogP contribution in [0.25, 0.3) is 16.9 Å². The third-order valence-electron chi connectivity index (χ3n) is 6.32. The van der Waals surface area contributed by atoms with Crippen molar-refractivity contribution >= 4 is 11.6 Å². The first kappa shape index (κ1) is 24.3. The van der Waals surface area contributed by atoms with Gasteiger partial charge in [0.25, 0.3) is 12.3 Å². The topological polar surface area (TPSA) is 68.5 Å². The summed E-state index contributed by atoms with van der Waals surface area (Å²) in [6.45, 7) is 6.19. The molecule has 0 spiro atoms. The lowest BCUT2D eigenvalue weighted by Crippen LogP contribution is -2.26. The molecule has 4 aromatic rings. The lowest BCUT2D eigenvalue weighted by molar-refractivity contribution is 0.0941. The maximum atomic E-state index is 13.9. The van der Waals surface area contributed by atoms with E-state index in [2.05, 4.69) is 41.4 Å². The van der Waals surface area contributed by atoms with Gasteiger partial charge in [0, 0.05) is 5.56 Å². The maximum Gasteiger partial charge on any atom is 0.280 e. The SMILES string of the molecule is CC[C@@H](C)c1ccc([C@H](C)NC(=O)c2cnn3c(C(F)F)cc(-c4ccc(OC)cc4)nc23)cc1. The van der Waals surface area contributed by atoms with Gasteiger partial charge in [-0.25, -0.2) is 18.3 Å². The molecule has 0 saturated heterocycles. The maximum absolute atomic E-state index is 13.9. The van der Waals surface area contributed by atoms with Crippen molar-refractivity contribution in [2.45, 2.75) is 45.6 Å². The Bertz CT molecular complexity index is 1320. The molecule has 0 radical (unpaired) electrons. The van der Waals surface area contributed by atoms with E-state index in [9.17, 15) is 13.6 Å². The Hall–Kier alpha value is -3.81. The van der Waals surface area contributed by atoms with Crippen molar-refractivity contribution in [2.75, 3.05) is 7.11 Å². The molecule has 35 heavy (non-hydrogen) atoms. The van der Waals surface area contributed by atoms with E-state index in [0.29, 0.717) is 22.9 Å². The van der Waals surface area contributed by atoms with Crippen molar-refractivity contribution in [1.82, 2.24) is 19.9 Å². The Kier molecular flexibility index (Phi) is 7.10. The number of hydrogen-bond acceptors (Lipinski definition) is 4. The van der Waals surface area contributed by atoms with E-state index in [4.69, 9.17) is 4.74 Å². The Morgan fingerprint density at radius 2 is 1.71 bits per heavy atom. The minimum Gasteiger partial charge on any atom is -0.497 e. The van der Waals surface area contributed by atoms with Crippen LogP contribution < -0.4 is 10.1 Å². The number of rotatable bonds is 8. The fraction of sp³-hybridized carbons (Fsp3) is 0.296. The number of methoxy groups -OCH3 is 1. The van der Waals surface area contributed by atoms with Gasteiger partial charge in [0.15, 0.2) is 5.65 Å². The van der Waals surface area contributed by atoms with Crippen molar-refractivity contribution in [3.63, 3.8) is 0 Å². The molecule has 2 heterocycles. The van der Waals surface area contributed by atoms with Crippen LogP contribution in [0.4, 0.5) is 8.78 Å². The summed E-state index contributed by atoms with van der Waals surface area (Å²) in [6.07, 6.45) is -0.469. The molecule has 0 fully saturated rings. The quantitative estimate of drug-likeness (QED) is 0.321. The highest BCUT2D eigenvalue weighted by molar-refractivity contribution is 6.00. The summed E-state index contributed by atoms with van der Waals surface area (Å²) < 4.78 is 33.9. The highest BCUT2D eigenvalue weighted by Crippen LogP contribution is 2.28. The molecular formula is C27H28F2N4O2. The predicted molar refractivity (Wildman–Crippen MR) is 131 cm³/mol. The number of amides is 1. The minimum absolute atomic E-state index is 0.0745. The van der Waals surface area contributed by atoms with Gasteiger partial charge in [-0.2, -0.15) is 5.10 Å². The first-order valence-corrected chi connectivity index (χ1v) is 11.5. The molecule has 0 bridgehead atoms. The Morgan fingerprint density at radius 1 is 1.06 bits per heavy atom. The monoisotopic (exact) mass is 478 g/mol. The fourth-order valence-electron chi connectivity index (χ4n) is 3.92. The van der Waals surface area contributed by atoms with Gasteiger partial charge in [-0.3, -0.25) is 4.79 Å². The summed E-state index contributed by atoms with van der Waals surface area (Å²) in [5, 5.41) is 6.98. The molecule has 0 unspecified atom stereocenters. The molecule has 182 valence electrons. The summed E-state index contributed by atoms with van der Waals surface area (Å²) >= 11 is 0. The van der Waals surface area contributed by atoms with Crippen LogP contribution in [0, 0.1) is 0 Å². The Balaban J connectivity index is 1.65. The minimum atomic E-state index is -2.80. The van der Waals surface area contributed by atoms with E-state index in [1.54, 1.807) is 31.4 Å². The van der Waals surface area contributed by atoms with Crippen LogP contribution in [0.15, 0.2) is 60.8 Å². The van der Waals surface area contributed by atoms with Crippen molar-refractivity contribution in [3.8, 4) is 17.0 Å². The summed E-state index contributed by atoms with van der Waals surface area (Å²) in [6, 6.07) is 16.0. The first-order valence-electron chi connectivity index (χ1n) is 11.5. The number of halogens is 2. The van der Waals surface area contributed by atoms with Crippen LogP contribution in [0.1, 0.15) is 72.8 Å². The Labute approximate surface area is 203 Å². The second-order valence-electron chi connectivity index (χ2n) is 8.56.